The van der Waals surface area contributed by atoms with Crippen LogP contribution in [0.5, 0.6) is 5.75 Å². The first-order valence-electron chi connectivity index (χ1n) is 12.0. The molecular formula is C25H26BF2N3O4. The molecule has 0 amide bonds. The zero-order chi connectivity index (χ0) is 24.3. The summed E-state index contributed by atoms with van der Waals surface area (Å²) < 4.78 is 52.3. The highest BCUT2D eigenvalue weighted by atomic mass is 19.3. The average Bonchev–Trinajstić information content (AvgIpc) is 3.18. The Balaban J connectivity index is 1.38. The fourth-order valence-corrected chi connectivity index (χ4v) is 5.69. The minimum absolute atomic E-state index is 0.0598. The maximum Gasteiger partial charge on any atom is 0.494 e. The number of epoxide rings is 1. The van der Waals surface area contributed by atoms with Gasteiger partial charge < -0.3 is 23.3 Å². The van der Waals surface area contributed by atoms with Gasteiger partial charge in [-0.1, -0.05) is 18.2 Å². The van der Waals surface area contributed by atoms with Crippen LogP contribution in [0, 0.1) is 0 Å². The first-order chi connectivity index (χ1) is 16.6. The molecule has 0 spiro atoms. The number of hydrogen-bond donors (Lipinski definition) is 1. The molecule has 4 aliphatic rings. The van der Waals surface area contributed by atoms with Crippen LogP contribution in [-0.4, -0.2) is 40.7 Å². The zero-order valence-electron chi connectivity index (χ0n) is 19.9. The Hall–Kier alpha value is -2.53. The van der Waals surface area contributed by atoms with E-state index in [9.17, 15) is 8.78 Å². The van der Waals surface area contributed by atoms with Gasteiger partial charge in [-0.2, -0.15) is 8.78 Å². The lowest BCUT2D eigenvalue weighted by Gasteiger charge is -2.32. The van der Waals surface area contributed by atoms with Crippen LogP contribution in [0.1, 0.15) is 69.3 Å². The third-order valence-corrected chi connectivity index (χ3v) is 8.16. The number of ether oxygens (including phenoxy) is 2. The summed E-state index contributed by atoms with van der Waals surface area (Å²) in [7, 11) is -0.508. The number of fused-ring (bicyclic) bond motifs is 11. The monoisotopic (exact) mass is 481 g/mol. The molecule has 2 aromatic carbocycles. The largest absolute Gasteiger partial charge is 0.494 e. The maximum absolute atomic E-state index is 13.3. The van der Waals surface area contributed by atoms with Crippen LogP contribution in [0.15, 0.2) is 36.4 Å². The summed E-state index contributed by atoms with van der Waals surface area (Å²) in [6.07, 6.45) is 0.309. The standard InChI is InChI=1S/C25H26BF2N3O4/c1-24(2)25(3,4)35-26(34-24)12-8-9-14-16(10-12)31-17-11-15(21(31)29-14)30-22-20(33-22)13-6-5-7-18(19(13)17)32-23(27)28/h5-10,15,17,20,22-23,30H,11H2,1-4H3/t15-,17-,20?,22?/m1/s1. The van der Waals surface area contributed by atoms with Gasteiger partial charge >= 0.3 is 13.7 Å². The van der Waals surface area contributed by atoms with Crippen molar-refractivity contribution in [2.45, 2.75) is 76.3 Å². The lowest BCUT2D eigenvalue weighted by atomic mass is 9.79. The Morgan fingerprint density at radius 3 is 2.66 bits per heavy atom. The molecule has 7 nitrogen and oxygen atoms in total. The minimum Gasteiger partial charge on any atom is -0.434 e. The van der Waals surface area contributed by atoms with Crippen molar-refractivity contribution in [2.75, 3.05) is 0 Å². The molecule has 182 valence electrons. The molecule has 4 aliphatic heterocycles. The average molecular weight is 481 g/mol. The summed E-state index contributed by atoms with van der Waals surface area (Å²) >= 11 is 0. The summed E-state index contributed by atoms with van der Waals surface area (Å²) in [6.45, 7) is 5.20. The SMILES string of the molecule is CC1(C)OB(c2ccc3nc4n(c3c2)[C@@H]2C[C@H]4NC3OC3c3cccc(OC(F)F)c32)OC1(C)C. The molecule has 0 saturated carbocycles. The van der Waals surface area contributed by atoms with Crippen molar-refractivity contribution in [1.82, 2.24) is 14.9 Å². The van der Waals surface area contributed by atoms with E-state index in [0.717, 1.165) is 33.4 Å². The highest BCUT2D eigenvalue weighted by molar-refractivity contribution is 6.62. The number of alkyl halides is 2. The van der Waals surface area contributed by atoms with Crippen molar-refractivity contribution in [3.8, 4) is 5.75 Å². The van der Waals surface area contributed by atoms with Crippen LogP contribution in [0.3, 0.4) is 0 Å². The van der Waals surface area contributed by atoms with Gasteiger partial charge in [0.25, 0.3) is 0 Å². The number of nitrogens with one attached hydrogen (secondary N) is 1. The van der Waals surface area contributed by atoms with E-state index in [1.54, 1.807) is 12.1 Å². The fourth-order valence-electron chi connectivity index (χ4n) is 5.69. The second-order valence-electron chi connectivity index (χ2n) is 10.8. The third-order valence-electron chi connectivity index (χ3n) is 8.16. The van der Waals surface area contributed by atoms with Crippen LogP contribution < -0.4 is 15.5 Å². The number of halogens is 2. The predicted molar refractivity (Wildman–Crippen MR) is 125 cm³/mol. The maximum atomic E-state index is 13.3. The molecule has 5 heterocycles. The normalized spacial score (nSPS) is 29.5. The first-order valence-corrected chi connectivity index (χ1v) is 12.0. The van der Waals surface area contributed by atoms with E-state index in [0.29, 0.717) is 6.42 Å². The summed E-state index contributed by atoms with van der Waals surface area (Å²) in [6, 6.07) is 11.0. The molecule has 35 heavy (non-hydrogen) atoms. The van der Waals surface area contributed by atoms with Gasteiger partial charge in [0.05, 0.1) is 34.3 Å². The number of imidazole rings is 1. The highest BCUT2D eigenvalue weighted by Gasteiger charge is 2.53. The van der Waals surface area contributed by atoms with E-state index in [-0.39, 0.29) is 30.2 Å². The van der Waals surface area contributed by atoms with E-state index >= 15 is 0 Å². The molecule has 7 rings (SSSR count). The number of nitrogens with zero attached hydrogens (tertiary/aromatic N) is 2. The lowest BCUT2D eigenvalue weighted by Crippen LogP contribution is -2.41. The van der Waals surface area contributed by atoms with Crippen LogP contribution in [0.25, 0.3) is 11.0 Å². The van der Waals surface area contributed by atoms with Crippen molar-refractivity contribution >= 4 is 23.6 Å². The van der Waals surface area contributed by atoms with E-state index in [1.807, 2.05) is 45.9 Å². The smallest absolute Gasteiger partial charge is 0.434 e. The molecular weight excluding hydrogens is 455 g/mol. The van der Waals surface area contributed by atoms with E-state index in [1.165, 1.54) is 0 Å². The van der Waals surface area contributed by atoms with Crippen LogP contribution >= 0.6 is 0 Å². The van der Waals surface area contributed by atoms with E-state index < -0.39 is 24.9 Å². The second kappa shape index (κ2) is 7.03. The topological polar surface area (TPSA) is 70.1 Å². The fraction of sp³-hybridized carbons (Fsp3) is 0.480. The Morgan fingerprint density at radius 1 is 1.14 bits per heavy atom. The molecule has 1 aromatic heterocycles. The molecule has 2 unspecified atom stereocenters. The Morgan fingerprint density at radius 2 is 1.91 bits per heavy atom. The summed E-state index contributed by atoms with van der Waals surface area (Å²) in [5.41, 5.74) is 3.35. The van der Waals surface area contributed by atoms with E-state index in [2.05, 4.69) is 16.0 Å². The van der Waals surface area contributed by atoms with Crippen molar-refractivity contribution in [2.24, 2.45) is 0 Å². The van der Waals surface area contributed by atoms with Gasteiger partial charge in [0, 0.05) is 5.56 Å². The van der Waals surface area contributed by atoms with E-state index in [4.69, 9.17) is 23.8 Å². The number of benzene rings is 2. The van der Waals surface area contributed by atoms with Gasteiger partial charge in [-0.3, -0.25) is 5.32 Å². The molecule has 0 aliphatic carbocycles. The summed E-state index contributed by atoms with van der Waals surface area (Å²) in [5, 5.41) is 3.55. The van der Waals surface area contributed by atoms with Crippen molar-refractivity contribution < 1.29 is 27.6 Å². The van der Waals surface area contributed by atoms with Crippen LogP contribution in [-0.2, 0) is 14.0 Å². The third kappa shape index (κ3) is 3.13. The molecule has 4 atom stereocenters. The molecule has 2 saturated heterocycles. The first kappa shape index (κ1) is 21.7. The van der Waals surface area contributed by atoms with Gasteiger partial charge in [0.1, 0.15) is 23.9 Å². The summed E-state index contributed by atoms with van der Waals surface area (Å²) in [4.78, 5) is 4.93. The molecule has 3 aromatic rings. The summed E-state index contributed by atoms with van der Waals surface area (Å²) in [5.74, 6) is 1.05. The lowest BCUT2D eigenvalue weighted by molar-refractivity contribution is -0.0507. The molecule has 2 bridgehead atoms. The van der Waals surface area contributed by atoms with Crippen molar-refractivity contribution in [1.29, 1.82) is 0 Å². The quantitative estimate of drug-likeness (QED) is 0.451. The molecule has 1 N–H and O–H groups in total. The zero-order valence-corrected chi connectivity index (χ0v) is 19.9. The second-order valence-corrected chi connectivity index (χ2v) is 10.8. The van der Waals surface area contributed by atoms with Gasteiger partial charge in [-0.05, 0) is 63.3 Å². The number of aromatic nitrogens is 2. The van der Waals surface area contributed by atoms with Crippen molar-refractivity contribution in [3.63, 3.8) is 0 Å². The predicted octanol–water partition coefficient (Wildman–Crippen LogP) is 3.97. The molecule has 0 radical (unpaired) electrons. The van der Waals surface area contributed by atoms with Crippen LogP contribution in [0.2, 0.25) is 0 Å². The van der Waals surface area contributed by atoms with Gasteiger partial charge in [0.15, 0.2) is 0 Å². The van der Waals surface area contributed by atoms with Crippen molar-refractivity contribution in [3.05, 3.63) is 53.3 Å². The Kier molecular flexibility index (Phi) is 4.37. The van der Waals surface area contributed by atoms with Gasteiger partial charge in [-0.25, -0.2) is 4.98 Å². The molecule has 10 heteroatoms. The number of rotatable bonds is 3. The van der Waals surface area contributed by atoms with Crippen LogP contribution in [0.4, 0.5) is 8.78 Å². The Bertz CT molecular complexity index is 1340. The van der Waals surface area contributed by atoms with Gasteiger partial charge in [-0.15, -0.1) is 0 Å². The Labute approximate surface area is 201 Å². The molecule has 2 fully saturated rings. The minimum atomic E-state index is -2.91. The number of hydrogen-bond acceptors (Lipinski definition) is 6. The highest BCUT2D eigenvalue weighted by Crippen LogP contribution is 2.53. The van der Waals surface area contributed by atoms with Gasteiger partial charge in [0.2, 0.25) is 0 Å².